The highest BCUT2D eigenvalue weighted by Crippen LogP contribution is 2.69. The fourth-order valence-corrected chi connectivity index (χ4v) is 16.5. The van der Waals surface area contributed by atoms with Crippen LogP contribution in [0.4, 0.5) is 0 Å². The van der Waals surface area contributed by atoms with Gasteiger partial charge in [0.05, 0.1) is 24.4 Å². The first-order valence-electron chi connectivity index (χ1n) is 21.3. The average molecular weight is 713 g/mol. The van der Waals surface area contributed by atoms with Crippen molar-refractivity contribution < 1.29 is 34.1 Å². The van der Waals surface area contributed by atoms with Crippen LogP contribution in [0, 0.1) is 124 Å². The second-order valence-corrected chi connectivity index (χ2v) is 20.6. The van der Waals surface area contributed by atoms with Crippen LogP contribution in [0.2, 0.25) is 0 Å². The van der Waals surface area contributed by atoms with Gasteiger partial charge in [0.2, 0.25) is 0 Å². The Morgan fingerprint density at radius 3 is 1.29 bits per heavy atom. The monoisotopic (exact) mass is 712 g/mol. The number of aliphatic carboxylic acids is 1. The van der Waals surface area contributed by atoms with Crippen molar-refractivity contribution in [2.75, 3.05) is 13.2 Å². The van der Waals surface area contributed by atoms with Crippen molar-refractivity contribution in [3.8, 4) is 0 Å². The molecule has 0 saturated heterocycles. The number of carbonyl (C=O) groups excluding carboxylic acids is 2. The molecule has 282 valence electrons. The summed E-state index contributed by atoms with van der Waals surface area (Å²) in [5.41, 5.74) is -0.340. The van der Waals surface area contributed by atoms with Gasteiger partial charge in [-0.05, 0) is 185 Å². The van der Waals surface area contributed by atoms with Gasteiger partial charge < -0.3 is 19.7 Å². The third-order valence-corrected chi connectivity index (χ3v) is 17.5. The van der Waals surface area contributed by atoms with Gasteiger partial charge in [-0.15, -0.1) is 0 Å². The highest BCUT2D eigenvalue weighted by Gasteiger charge is 2.65. The van der Waals surface area contributed by atoms with Crippen LogP contribution < -0.4 is 0 Å². The Bertz CT molecular complexity index is 1570. The number of aliphatic hydroxyl groups excluding tert-OH is 1. The van der Waals surface area contributed by atoms with Crippen LogP contribution in [-0.4, -0.2) is 46.9 Å². The molecule has 12 aliphatic carbocycles. The summed E-state index contributed by atoms with van der Waals surface area (Å²) in [6.45, 7) is 6.02. The first-order chi connectivity index (χ1) is 25.0. The Labute approximate surface area is 309 Å². The number of hydrogen-bond donors (Lipinski definition) is 2. The minimum Gasteiger partial charge on any atom is -0.481 e. The van der Waals surface area contributed by atoms with E-state index in [0.717, 1.165) is 108 Å². The molecule has 12 bridgehead atoms. The third kappa shape index (κ3) is 5.15. The molecule has 21 unspecified atom stereocenters. The molecule has 0 aromatic carbocycles. The highest BCUT2D eigenvalue weighted by atomic mass is 16.6. The van der Waals surface area contributed by atoms with Crippen molar-refractivity contribution in [2.45, 2.75) is 84.2 Å². The van der Waals surface area contributed by atoms with Gasteiger partial charge in [0.15, 0.2) is 0 Å². The van der Waals surface area contributed by atoms with Gasteiger partial charge in [-0.2, -0.15) is 0 Å². The number of carboxylic acid groups (broad SMARTS) is 1. The van der Waals surface area contributed by atoms with Gasteiger partial charge in [0.25, 0.3) is 0 Å². The molecule has 0 heterocycles. The zero-order valence-electron chi connectivity index (χ0n) is 31.3. The smallest absolute Gasteiger partial charge is 0.309 e. The molecule has 2 N–H and O–H groups in total. The van der Waals surface area contributed by atoms with E-state index in [0.29, 0.717) is 17.8 Å². The molecule has 0 radical (unpaired) electrons. The van der Waals surface area contributed by atoms with Crippen LogP contribution >= 0.6 is 0 Å². The molecule has 0 aromatic heterocycles. The van der Waals surface area contributed by atoms with Gasteiger partial charge in [0.1, 0.15) is 12.2 Å². The number of ether oxygens (including phenoxy) is 2. The molecule has 0 aliphatic heterocycles. The number of aliphatic hydroxyl groups is 1. The summed E-state index contributed by atoms with van der Waals surface area (Å²) in [4.78, 5) is 35.6. The maximum Gasteiger partial charge on any atom is 0.309 e. The Morgan fingerprint density at radius 2 is 0.904 bits per heavy atom. The summed E-state index contributed by atoms with van der Waals surface area (Å²) < 4.78 is 10.8. The number of hydrogen-bond acceptors (Lipinski definition) is 6. The van der Waals surface area contributed by atoms with E-state index in [2.05, 4.69) is 36.5 Å². The fourth-order valence-electron chi connectivity index (χ4n) is 16.5. The van der Waals surface area contributed by atoms with Gasteiger partial charge in [0, 0.05) is 0 Å². The summed E-state index contributed by atoms with van der Waals surface area (Å²) in [6, 6.07) is 0. The minimum absolute atomic E-state index is 0.0102. The zero-order chi connectivity index (χ0) is 35.8. The van der Waals surface area contributed by atoms with Crippen LogP contribution in [0.1, 0.15) is 78.6 Å². The van der Waals surface area contributed by atoms with E-state index < -0.39 is 5.97 Å². The van der Waals surface area contributed by atoms with Crippen molar-refractivity contribution in [1.82, 2.24) is 0 Å². The Kier molecular flexibility index (Phi) is 8.07. The molecule has 9 saturated carbocycles. The lowest BCUT2D eigenvalue weighted by atomic mass is 9.69. The first kappa shape index (κ1) is 34.1. The topological polar surface area (TPSA) is 110 Å². The highest BCUT2D eigenvalue weighted by molar-refractivity contribution is 5.74. The minimum atomic E-state index is -0.535. The molecule has 7 nitrogen and oxygen atoms in total. The summed E-state index contributed by atoms with van der Waals surface area (Å²) in [5, 5.41) is 17.9. The number of carbonyl (C=O) groups is 3. The summed E-state index contributed by atoms with van der Waals surface area (Å²) in [7, 11) is 0. The maximum atomic E-state index is 12.4. The number of rotatable bonds is 5. The number of esters is 2. The number of carboxylic acids is 1. The van der Waals surface area contributed by atoms with Crippen LogP contribution in [0.5, 0.6) is 0 Å². The van der Waals surface area contributed by atoms with Crippen LogP contribution in [0.3, 0.4) is 0 Å². The van der Waals surface area contributed by atoms with E-state index in [4.69, 9.17) is 14.6 Å². The predicted octanol–water partition coefficient (Wildman–Crippen LogP) is 7.20. The average Bonchev–Trinajstić information content (AvgIpc) is 3.96. The number of allylic oxidation sites excluding steroid dienone is 6. The lowest BCUT2D eigenvalue weighted by Crippen LogP contribution is -2.37. The molecule has 7 heteroatoms. The molecular formula is C45H60O7. The molecule has 9 fully saturated rings. The normalized spacial score (nSPS) is 52.7. The molecule has 21 atom stereocenters. The van der Waals surface area contributed by atoms with E-state index in [1.54, 1.807) is 0 Å². The lowest BCUT2D eigenvalue weighted by Gasteiger charge is -2.36. The largest absolute Gasteiger partial charge is 0.481 e. The second-order valence-electron chi connectivity index (χ2n) is 20.6. The van der Waals surface area contributed by atoms with Gasteiger partial charge in [-0.3, -0.25) is 14.4 Å². The fraction of sp³-hybridized carbons (Fsp3) is 0.800. The Morgan fingerprint density at radius 1 is 0.538 bits per heavy atom. The zero-order valence-corrected chi connectivity index (χ0v) is 31.3. The first-order valence-corrected chi connectivity index (χ1v) is 21.3. The van der Waals surface area contributed by atoms with E-state index in [9.17, 15) is 19.5 Å². The predicted molar refractivity (Wildman–Crippen MR) is 194 cm³/mol. The molecule has 0 aromatic rings. The van der Waals surface area contributed by atoms with Crippen molar-refractivity contribution in [3.05, 3.63) is 36.5 Å². The molecule has 12 aliphatic rings. The molecular weight excluding hydrogens is 652 g/mol. The third-order valence-electron chi connectivity index (χ3n) is 17.5. The van der Waals surface area contributed by atoms with Gasteiger partial charge in [-0.25, -0.2) is 0 Å². The lowest BCUT2D eigenvalue weighted by molar-refractivity contribution is -0.163. The maximum absolute atomic E-state index is 12.4. The van der Waals surface area contributed by atoms with Crippen LogP contribution in [0.15, 0.2) is 36.5 Å². The van der Waals surface area contributed by atoms with E-state index in [-0.39, 0.29) is 48.5 Å². The standard InChI is InChI=1S/C17H24O2.C15H20O3.C13H16O2/c1-17(2,3)19-16(18)13-8-11-7-12(13)15-10-5-4-9(6-10)14(11)15;16-3-4-18-15(17)12-7-10-6-11(12)14-9-2-1-8(5-9)13(10)14;14-13(15)10-5-8-4-9(10)12-7-2-1-6(3-7)11(8)12/h4-5,9-15H,6-8H2,1-3H3;1-2,8-14,16H,3-7H2;1-2,6-12H,3-5H2,(H,14,15). The SMILES string of the molecule is CC(C)(C)OC(=O)C1CC2CC1C1C3C=CC(C3)C21.O=C(O)C1CC2CC1C1C3C=CC(C3)C21.O=C(OCCO)C1CC2CC1C1C3C=CC(C3)C21. The summed E-state index contributed by atoms with van der Waals surface area (Å²) in [5.74, 6) is 13.4. The number of fused-ring (bicyclic) bond motifs is 27. The van der Waals surface area contributed by atoms with Crippen molar-refractivity contribution in [3.63, 3.8) is 0 Å². The van der Waals surface area contributed by atoms with Crippen molar-refractivity contribution in [1.29, 1.82) is 0 Å². The van der Waals surface area contributed by atoms with E-state index in [1.807, 2.05) is 20.8 Å². The van der Waals surface area contributed by atoms with Gasteiger partial charge in [-0.1, -0.05) is 36.5 Å². The summed E-state index contributed by atoms with van der Waals surface area (Å²) in [6.07, 6.45) is 25.3. The van der Waals surface area contributed by atoms with Gasteiger partial charge >= 0.3 is 17.9 Å². The molecule has 0 amide bonds. The Balaban J connectivity index is 0.0000000982. The van der Waals surface area contributed by atoms with Crippen molar-refractivity contribution >= 4 is 17.9 Å². The Hall–Kier alpha value is -2.41. The molecule has 0 spiro atoms. The molecule has 12 rings (SSSR count). The van der Waals surface area contributed by atoms with E-state index >= 15 is 0 Å². The van der Waals surface area contributed by atoms with Crippen molar-refractivity contribution in [2.24, 2.45) is 124 Å². The summed E-state index contributed by atoms with van der Waals surface area (Å²) >= 11 is 0. The molecule has 52 heavy (non-hydrogen) atoms. The van der Waals surface area contributed by atoms with Crippen LogP contribution in [0.25, 0.3) is 0 Å². The van der Waals surface area contributed by atoms with Crippen LogP contribution in [-0.2, 0) is 23.9 Å². The quantitative estimate of drug-likeness (QED) is 0.176. The second kappa shape index (κ2) is 12.3. The van der Waals surface area contributed by atoms with E-state index in [1.165, 1.54) is 38.5 Å².